The first-order valence-corrected chi connectivity index (χ1v) is 15.9. The zero-order valence-electron chi connectivity index (χ0n) is 23.9. The highest BCUT2D eigenvalue weighted by Crippen LogP contribution is 2.49. The lowest BCUT2D eigenvalue weighted by Gasteiger charge is -2.25. The summed E-state index contributed by atoms with van der Waals surface area (Å²) >= 11 is 1.79. The van der Waals surface area contributed by atoms with E-state index < -0.39 is 0 Å². The Balaban J connectivity index is 1.40. The van der Waals surface area contributed by atoms with Crippen LogP contribution in [0.4, 0.5) is 0 Å². The van der Waals surface area contributed by atoms with Crippen molar-refractivity contribution in [3.8, 4) is 0 Å². The highest BCUT2D eigenvalue weighted by atomic mass is 32.1. The van der Waals surface area contributed by atoms with Crippen molar-refractivity contribution in [3.63, 3.8) is 0 Å². The minimum atomic E-state index is -0.307. The number of thiophene rings is 1. The van der Waals surface area contributed by atoms with Crippen LogP contribution in [0.5, 0.6) is 0 Å². The maximum atomic E-state index is 6.69. The first kappa shape index (κ1) is 24.7. The summed E-state index contributed by atoms with van der Waals surface area (Å²) in [5, 5.41) is 10.7. The normalized spacial score (nSPS) is 15.3. The van der Waals surface area contributed by atoms with Crippen LogP contribution in [0.1, 0.15) is 17.3 Å². The average molecular weight is 597 g/mol. The number of benzene rings is 6. The average Bonchev–Trinajstić information content (AvgIpc) is 3.79. The van der Waals surface area contributed by atoms with Crippen LogP contribution in [0.3, 0.4) is 0 Å². The summed E-state index contributed by atoms with van der Waals surface area (Å²) in [4.78, 5) is 10.4. The van der Waals surface area contributed by atoms with Crippen LogP contribution in [-0.2, 0) is 0 Å². The van der Waals surface area contributed by atoms with Crippen LogP contribution in [0, 0.1) is 0 Å². The van der Waals surface area contributed by atoms with E-state index in [1.54, 1.807) is 11.3 Å². The van der Waals surface area contributed by atoms with Gasteiger partial charge in [-0.05, 0) is 23.8 Å². The topological polar surface area (TPSA) is 54.8 Å². The van der Waals surface area contributed by atoms with Gasteiger partial charge in [0.1, 0.15) is 11.7 Å². The van der Waals surface area contributed by atoms with Gasteiger partial charge in [0.25, 0.3) is 0 Å². The molecule has 0 aliphatic carbocycles. The number of rotatable bonds is 2. The molecule has 0 saturated heterocycles. The van der Waals surface area contributed by atoms with Crippen LogP contribution in [0.2, 0.25) is 0 Å². The van der Waals surface area contributed by atoms with E-state index in [4.69, 9.17) is 14.4 Å². The fourth-order valence-electron chi connectivity index (χ4n) is 6.92. The van der Waals surface area contributed by atoms with Crippen molar-refractivity contribution < 1.29 is 4.42 Å². The Labute approximate surface area is 261 Å². The van der Waals surface area contributed by atoms with Gasteiger partial charge in [-0.1, -0.05) is 115 Å². The largest absolute Gasteiger partial charge is 0.455 e. The monoisotopic (exact) mass is 596 g/mol. The van der Waals surface area contributed by atoms with E-state index in [9.17, 15) is 0 Å². The third-order valence-corrected chi connectivity index (χ3v) is 10.0. The summed E-state index contributed by atoms with van der Waals surface area (Å²) < 4.78 is 11.4. The molecule has 10 rings (SSSR count). The molecule has 0 spiro atoms. The second-order valence-electron chi connectivity index (χ2n) is 11.4. The number of hydrogen-bond donors (Lipinski definition) is 1. The SMILES string of the molecule is c1ccc(C2=NC(c3ccccc3)NC(n3c4ccccc4c4c5c6ccccc6oc5c5sc6ccccc6c5c43)=N2)cc1. The fourth-order valence-corrected chi connectivity index (χ4v) is 8.11. The van der Waals surface area contributed by atoms with Gasteiger partial charge in [0, 0.05) is 42.6 Å². The van der Waals surface area contributed by atoms with E-state index >= 15 is 0 Å². The lowest BCUT2D eigenvalue weighted by Crippen LogP contribution is -2.37. The van der Waals surface area contributed by atoms with Gasteiger partial charge in [-0.15, -0.1) is 11.3 Å². The van der Waals surface area contributed by atoms with E-state index in [2.05, 4.69) is 113 Å². The molecule has 6 heteroatoms. The Morgan fingerprint density at radius 1 is 0.644 bits per heavy atom. The fraction of sp³-hybridized carbons (Fsp3) is 0.0256. The second kappa shape index (κ2) is 9.39. The minimum Gasteiger partial charge on any atom is -0.455 e. The van der Waals surface area contributed by atoms with Gasteiger partial charge in [-0.2, -0.15) is 4.99 Å². The predicted octanol–water partition coefficient (Wildman–Crippen LogP) is 10.0. The standard InChI is InChI=1S/C39H24N4OS/c1-3-13-23(14-4-1)37-40-38(24-15-5-2-6-16-24)42-39(41-37)43-28-20-10-7-17-25(28)31-32-26-18-8-11-21-29(26)44-35(32)36-33(34(31)43)27-19-9-12-22-30(27)45-36/h1-22,37H,(H,40,41,42). The van der Waals surface area contributed by atoms with Crippen molar-refractivity contribution in [2.24, 2.45) is 9.98 Å². The van der Waals surface area contributed by atoms with Crippen molar-refractivity contribution >= 4 is 87.0 Å². The summed E-state index contributed by atoms with van der Waals surface area (Å²) in [5.74, 6) is 1.44. The Hall–Kier alpha value is -5.72. The molecule has 45 heavy (non-hydrogen) atoms. The summed E-state index contributed by atoms with van der Waals surface area (Å²) in [7, 11) is 0. The van der Waals surface area contributed by atoms with Gasteiger partial charge in [0.15, 0.2) is 11.4 Å². The van der Waals surface area contributed by atoms with Gasteiger partial charge in [0.2, 0.25) is 5.96 Å². The van der Waals surface area contributed by atoms with Gasteiger partial charge in [0.05, 0.1) is 15.7 Å². The third kappa shape index (κ3) is 3.54. The third-order valence-electron chi connectivity index (χ3n) is 8.85. The number of nitrogens with one attached hydrogen (secondary N) is 1. The molecule has 212 valence electrons. The van der Waals surface area contributed by atoms with Crippen molar-refractivity contribution in [1.82, 2.24) is 9.88 Å². The maximum Gasteiger partial charge on any atom is 0.211 e. The first-order valence-electron chi connectivity index (χ1n) is 15.0. The summed E-state index contributed by atoms with van der Waals surface area (Å²) in [5.41, 5.74) is 6.09. The minimum absolute atomic E-state index is 0.307. The maximum absolute atomic E-state index is 6.69. The molecule has 3 aromatic heterocycles. The Kier molecular flexibility index (Phi) is 5.15. The van der Waals surface area contributed by atoms with E-state index in [0.29, 0.717) is 5.84 Å². The summed E-state index contributed by atoms with van der Waals surface area (Å²) in [6, 6.07) is 46.3. The molecule has 1 atom stereocenters. The molecule has 1 N–H and O–H groups in total. The Bertz CT molecular complexity index is 2680. The van der Waals surface area contributed by atoms with Crippen LogP contribution < -0.4 is 5.32 Å². The smallest absolute Gasteiger partial charge is 0.211 e. The molecule has 1 unspecified atom stereocenters. The number of fused-ring (bicyclic) bond motifs is 12. The van der Waals surface area contributed by atoms with E-state index in [-0.39, 0.29) is 6.17 Å². The second-order valence-corrected chi connectivity index (χ2v) is 12.4. The number of hydrogen-bond acceptors (Lipinski definition) is 5. The zero-order valence-corrected chi connectivity index (χ0v) is 24.8. The van der Waals surface area contributed by atoms with Crippen LogP contribution in [0.25, 0.3) is 63.9 Å². The van der Waals surface area contributed by atoms with Gasteiger partial charge in [-0.3, -0.25) is 4.57 Å². The van der Waals surface area contributed by atoms with Crippen molar-refractivity contribution in [2.75, 3.05) is 0 Å². The highest BCUT2D eigenvalue weighted by Gasteiger charge is 2.28. The number of para-hydroxylation sites is 2. The van der Waals surface area contributed by atoms with Crippen LogP contribution in [-0.4, -0.2) is 16.4 Å². The molecule has 0 radical (unpaired) electrons. The van der Waals surface area contributed by atoms with E-state index in [1.807, 2.05) is 30.3 Å². The van der Waals surface area contributed by atoms with Crippen molar-refractivity contribution in [3.05, 3.63) is 145 Å². The highest BCUT2D eigenvalue weighted by molar-refractivity contribution is 7.26. The van der Waals surface area contributed by atoms with Crippen molar-refractivity contribution in [1.29, 1.82) is 0 Å². The Morgan fingerprint density at radius 3 is 2.18 bits per heavy atom. The zero-order chi connectivity index (χ0) is 29.5. The quantitative estimate of drug-likeness (QED) is 0.216. The molecule has 1 aliphatic rings. The molecule has 9 aromatic rings. The molecule has 1 aliphatic heterocycles. The summed E-state index contributed by atoms with van der Waals surface area (Å²) in [6.45, 7) is 0. The molecule has 0 fully saturated rings. The van der Waals surface area contributed by atoms with E-state index in [1.165, 1.54) is 20.9 Å². The molecule has 0 amide bonds. The predicted molar refractivity (Wildman–Crippen MR) is 188 cm³/mol. The number of nitrogens with zero attached hydrogens (tertiary/aromatic N) is 3. The van der Waals surface area contributed by atoms with Crippen LogP contribution >= 0.6 is 11.3 Å². The van der Waals surface area contributed by atoms with Gasteiger partial charge >= 0.3 is 0 Å². The molecule has 0 saturated carbocycles. The molecule has 4 heterocycles. The molecule has 6 aromatic carbocycles. The molecular formula is C39H24N4OS. The van der Waals surface area contributed by atoms with Gasteiger partial charge < -0.3 is 9.73 Å². The molecular weight excluding hydrogens is 573 g/mol. The summed E-state index contributed by atoms with van der Waals surface area (Å²) in [6.07, 6.45) is -0.307. The first-order chi connectivity index (χ1) is 22.3. The molecule has 0 bridgehead atoms. The number of aromatic nitrogens is 1. The number of furan rings is 1. The lowest BCUT2D eigenvalue weighted by molar-refractivity contribution is 0.661. The van der Waals surface area contributed by atoms with Gasteiger partial charge in [-0.25, -0.2) is 4.99 Å². The van der Waals surface area contributed by atoms with E-state index in [0.717, 1.165) is 60.1 Å². The number of amidine groups is 1. The van der Waals surface area contributed by atoms with Crippen LogP contribution in [0.15, 0.2) is 148 Å². The lowest BCUT2D eigenvalue weighted by atomic mass is 10.0. The Morgan fingerprint density at radius 2 is 1.33 bits per heavy atom. The molecule has 5 nitrogen and oxygen atoms in total. The number of aliphatic imine (C=N–C) groups is 2. The van der Waals surface area contributed by atoms with Crippen molar-refractivity contribution in [2.45, 2.75) is 6.17 Å².